The molecule has 0 fully saturated rings. The Morgan fingerprint density at radius 3 is 1.15 bits per heavy atom. The van der Waals surface area contributed by atoms with Crippen LogP contribution in [-0.4, -0.2) is 5.78 Å². The molecule has 0 saturated carbocycles. The average molecular weight is 283 g/mol. The fourth-order valence-electron chi connectivity index (χ4n) is 2.68. The van der Waals surface area contributed by atoms with Crippen molar-refractivity contribution in [2.24, 2.45) is 0 Å². The van der Waals surface area contributed by atoms with E-state index in [4.69, 9.17) is 0 Å². The maximum Gasteiger partial charge on any atom is 0.132 e. The highest BCUT2D eigenvalue weighted by molar-refractivity contribution is 5.78. The number of carbonyl (C=O) groups is 1. The van der Waals surface area contributed by atoms with Gasteiger partial charge in [0.25, 0.3) is 0 Å². The molecule has 0 aliphatic rings. The van der Waals surface area contributed by atoms with Crippen molar-refractivity contribution in [3.05, 3.63) is 0 Å². The van der Waals surface area contributed by atoms with Crippen molar-refractivity contribution in [1.82, 2.24) is 0 Å². The second-order valence-electron chi connectivity index (χ2n) is 6.28. The van der Waals surface area contributed by atoms with Gasteiger partial charge in [0.15, 0.2) is 0 Å². The highest BCUT2D eigenvalue weighted by atomic mass is 16.1. The molecule has 0 aromatic heterocycles. The molecule has 0 aromatic carbocycles. The molecule has 0 amide bonds. The number of unbranched alkanes of at least 4 members (excludes halogenated alkanes) is 12. The van der Waals surface area contributed by atoms with Crippen molar-refractivity contribution in [2.45, 2.75) is 117 Å². The summed E-state index contributed by atoms with van der Waals surface area (Å²) in [5.74, 6) is 0.506. The van der Waals surface area contributed by atoms with Crippen LogP contribution in [0.1, 0.15) is 117 Å². The molecular weight excluding hydrogens is 244 g/mol. The van der Waals surface area contributed by atoms with Crippen LogP contribution in [0.4, 0.5) is 0 Å². The molecule has 0 radical (unpaired) electrons. The van der Waals surface area contributed by atoms with Gasteiger partial charge in [0.2, 0.25) is 0 Å². The lowest BCUT2D eigenvalue weighted by molar-refractivity contribution is -0.119. The van der Waals surface area contributed by atoms with Crippen LogP contribution in [-0.2, 0) is 4.79 Å². The Hall–Kier alpha value is -0.330. The third-order valence-corrected chi connectivity index (χ3v) is 4.12. The molecule has 1 heteroatoms. The Kier molecular flexibility index (Phi) is 16.4. The molecule has 0 atom stereocenters. The molecule has 0 unspecified atom stereocenters. The van der Waals surface area contributed by atoms with E-state index in [0.29, 0.717) is 5.78 Å². The number of carbonyl (C=O) groups excluding carboxylic acids is 1. The van der Waals surface area contributed by atoms with E-state index in [0.717, 1.165) is 25.7 Å². The number of ketones is 1. The SMILES string of the molecule is CCCCCCCCCCC(=O)CCCCCCCC. The largest absolute Gasteiger partial charge is 0.300 e. The molecule has 20 heavy (non-hydrogen) atoms. The normalized spacial score (nSPS) is 10.9. The minimum absolute atomic E-state index is 0.506. The molecule has 0 heterocycles. The summed E-state index contributed by atoms with van der Waals surface area (Å²) in [5, 5.41) is 0. The predicted octanol–water partition coefficient (Wildman–Crippen LogP) is 6.84. The van der Waals surface area contributed by atoms with Gasteiger partial charge in [-0.25, -0.2) is 0 Å². The zero-order valence-electron chi connectivity index (χ0n) is 14.2. The standard InChI is InChI=1S/C19H38O/c1-3-5-7-9-11-12-14-16-18-19(20)17-15-13-10-8-6-4-2/h3-18H2,1-2H3. The van der Waals surface area contributed by atoms with Crippen LogP contribution in [0, 0.1) is 0 Å². The van der Waals surface area contributed by atoms with Gasteiger partial charge in [0.1, 0.15) is 5.78 Å². The molecule has 1 nitrogen and oxygen atoms in total. The first-order valence-corrected chi connectivity index (χ1v) is 9.33. The minimum atomic E-state index is 0.506. The number of hydrogen-bond acceptors (Lipinski definition) is 1. The maximum absolute atomic E-state index is 11.7. The topological polar surface area (TPSA) is 17.1 Å². The van der Waals surface area contributed by atoms with Gasteiger partial charge < -0.3 is 0 Å². The lowest BCUT2D eigenvalue weighted by atomic mass is 10.0. The van der Waals surface area contributed by atoms with Gasteiger partial charge in [-0.3, -0.25) is 4.79 Å². The molecule has 0 aromatic rings. The first kappa shape index (κ1) is 19.7. The zero-order valence-corrected chi connectivity index (χ0v) is 14.2. The van der Waals surface area contributed by atoms with E-state index < -0.39 is 0 Å². The van der Waals surface area contributed by atoms with E-state index in [1.807, 2.05) is 0 Å². The van der Waals surface area contributed by atoms with Gasteiger partial charge in [-0.05, 0) is 12.8 Å². The van der Waals surface area contributed by atoms with Crippen LogP contribution < -0.4 is 0 Å². The third-order valence-electron chi connectivity index (χ3n) is 4.12. The van der Waals surface area contributed by atoms with E-state index in [-0.39, 0.29) is 0 Å². The van der Waals surface area contributed by atoms with Gasteiger partial charge in [0, 0.05) is 12.8 Å². The maximum atomic E-state index is 11.7. The number of hydrogen-bond donors (Lipinski definition) is 0. The summed E-state index contributed by atoms with van der Waals surface area (Å²) in [6.45, 7) is 4.50. The summed E-state index contributed by atoms with van der Waals surface area (Å²) in [4.78, 5) is 11.7. The fraction of sp³-hybridized carbons (Fsp3) is 0.947. The van der Waals surface area contributed by atoms with Gasteiger partial charge in [-0.15, -0.1) is 0 Å². The molecule has 0 rings (SSSR count). The second kappa shape index (κ2) is 16.7. The summed E-state index contributed by atoms with van der Waals surface area (Å²) >= 11 is 0. The van der Waals surface area contributed by atoms with Gasteiger partial charge in [-0.2, -0.15) is 0 Å². The Morgan fingerprint density at radius 2 is 0.800 bits per heavy atom. The monoisotopic (exact) mass is 282 g/mol. The summed E-state index contributed by atoms with van der Waals surface area (Å²) in [6.07, 6.45) is 20.0. The highest BCUT2D eigenvalue weighted by Gasteiger charge is 2.01. The zero-order chi connectivity index (χ0) is 14.9. The summed E-state index contributed by atoms with van der Waals surface area (Å²) in [6, 6.07) is 0. The molecule has 0 saturated heterocycles. The van der Waals surface area contributed by atoms with E-state index >= 15 is 0 Å². The lowest BCUT2D eigenvalue weighted by Gasteiger charge is -2.03. The van der Waals surface area contributed by atoms with E-state index in [1.54, 1.807) is 0 Å². The third kappa shape index (κ3) is 15.7. The molecule has 0 N–H and O–H groups in total. The second-order valence-corrected chi connectivity index (χ2v) is 6.28. The first-order valence-electron chi connectivity index (χ1n) is 9.33. The fourth-order valence-corrected chi connectivity index (χ4v) is 2.68. The Bertz CT molecular complexity index is 198. The van der Waals surface area contributed by atoms with Crippen LogP contribution in [0.3, 0.4) is 0 Å². The van der Waals surface area contributed by atoms with Gasteiger partial charge in [0.05, 0.1) is 0 Å². The number of Topliss-reactive ketones (excluding diaryl/α,β-unsaturated/α-hetero) is 1. The first-order chi connectivity index (χ1) is 9.81. The van der Waals surface area contributed by atoms with Crippen molar-refractivity contribution in [2.75, 3.05) is 0 Å². The molecule has 0 spiro atoms. The molecule has 120 valence electrons. The van der Waals surface area contributed by atoms with Crippen molar-refractivity contribution < 1.29 is 4.79 Å². The Morgan fingerprint density at radius 1 is 0.500 bits per heavy atom. The average Bonchev–Trinajstić information content (AvgIpc) is 2.45. The van der Waals surface area contributed by atoms with Gasteiger partial charge >= 0.3 is 0 Å². The minimum Gasteiger partial charge on any atom is -0.300 e. The molecule has 0 aliphatic carbocycles. The van der Waals surface area contributed by atoms with Crippen molar-refractivity contribution in [1.29, 1.82) is 0 Å². The summed E-state index contributed by atoms with van der Waals surface area (Å²) < 4.78 is 0. The Labute approximate surface area is 127 Å². The highest BCUT2D eigenvalue weighted by Crippen LogP contribution is 2.12. The lowest BCUT2D eigenvalue weighted by Crippen LogP contribution is -1.97. The summed E-state index contributed by atoms with van der Waals surface area (Å²) in [7, 11) is 0. The Balaban J connectivity index is 3.12. The van der Waals surface area contributed by atoms with Crippen molar-refractivity contribution in [3.8, 4) is 0 Å². The quantitative estimate of drug-likeness (QED) is 0.283. The predicted molar refractivity (Wildman–Crippen MR) is 90.2 cm³/mol. The van der Waals surface area contributed by atoms with Crippen molar-refractivity contribution in [3.63, 3.8) is 0 Å². The van der Waals surface area contributed by atoms with Crippen LogP contribution in [0.5, 0.6) is 0 Å². The van der Waals surface area contributed by atoms with E-state index in [1.165, 1.54) is 77.0 Å². The molecule has 0 bridgehead atoms. The number of rotatable bonds is 16. The van der Waals surface area contributed by atoms with Crippen molar-refractivity contribution >= 4 is 5.78 Å². The molecule has 0 aliphatic heterocycles. The van der Waals surface area contributed by atoms with Crippen LogP contribution in [0.25, 0.3) is 0 Å². The smallest absolute Gasteiger partial charge is 0.132 e. The van der Waals surface area contributed by atoms with E-state index in [2.05, 4.69) is 13.8 Å². The van der Waals surface area contributed by atoms with Crippen LogP contribution in [0.15, 0.2) is 0 Å². The van der Waals surface area contributed by atoms with E-state index in [9.17, 15) is 4.79 Å². The van der Waals surface area contributed by atoms with Crippen LogP contribution >= 0.6 is 0 Å². The summed E-state index contributed by atoms with van der Waals surface area (Å²) in [5.41, 5.74) is 0. The molecular formula is C19H38O. The van der Waals surface area contributed by atoms with Crippen LogP contribution in [0.2, 0.25) is 0 Å². The van der Waals surface area contributed by atoms with Gasteiger partial charge in [-0.1, -0.05) is 90.9 Å².